The Kier molecular flexibility index (Phi) is 5.03. The van der Waals surface area contributed by atoms with Crippen LogP contribution in [0.4, 0.5) is 0 Å². The summed E-state index contributed by atoms with van der Waals surface area (Å²) in [5.74, 6) is 1.31. The lowest BCUT2D eigenvalue weighted by Crippen LogP contribution is -2.37. The number of benzene rings is 1. The van der Waals surface area contributed by atoms with Crippen LogP contribution in [0.3, 0.4) is 0 Å². The van der Waals surface area contributed by atoms with Gasteiger partial charge in [-0.1, -0.05) is 12.1 Å². The molecule has 0 spiro atoms. The summed E-state index contributed by atoms with van der Waals surface area (Å²) in [5.41, 5.74) is 6.91. The van der Waals surface area contributed by atoms with E-state index in [9.17, 15) is 0 Å². The summed E-state index contributed by atoms with van der Waals surface area (Å²) < 4.78 is 10.6. The lowest BCUT2D eigenvalue weighted by molar-refractivity contribution is 0.114. The van der Waals surface area contributed by atoms with Crippen molar-refractivity contribution in [2.24, 2.45) is 10.7 Å². The van der Waals surface area contributed by atoms with E-state index in [4.69, 9.17) is 15.2 Å². The van der Waals surface area contributed by atoms with Crippen molar-refractivity contribution in [3.8, 4) is 5.75 Å². The predicted molar refractivity (Wildman–Crippen MR) is 75.3 cm³/mol. The maximum absolute atomic E-state index is 5.81. The van der Waals surface area contributed by atoms with Gasteiger partial charge in [0.25, 0.3) is 0 Å². The molecule has 19 heavy (non-hydrogen) atoms. The summed E-state index contributed by atoms with van der Waals surface area (Å²) in [4.78, 5) is 4.30. The van der Waals surface area contributed by atoms with Gasteiger partial charge < -0.3 is 20.5 Å². The minimum Gasteiger partial charge on any atom is -0.497 e. The number of hydrogen-bond donors (Lipinski definition) is 2. The first-order chi connectivity index (χ1) is 9.28. The van der Waals surface area contributed by atoms with Crippen molar-refractivity contribution in [1.29, 1.82) is 0 Å². The number of rotatable bonds is 5. The summed E-state index contributed by atoms with van der Waals surface area (Å²) in [6.07, 6.45) is 2.50. The molecule has 1 aliphatic rings. The smallest absolute Gasteiger partial charge is 0.189 e. The molecule has 3 N–H and O–H groups in total. The van der Waals surface area contributed by atoms with E-state index in [2.05, 4.69) is 10.3 Å². The second-order valence-electron chi connectivity index (χ2n) is 4.57. The molecule has 0 aliphatic carbocycles. The lowest BCUT2D eigenvalue weighted by atomic mass is 10.2. The van der Waals surface area contributed by atoms with Gasteiger partial charge in [-0.2, -0.15) is 0 Å². The fourth-order valence-electron chi connectivity index (χ4n) is 1.99. The zero-order valence-corrected chi connectivity index (χ0v) is 11.3. The predicted octanol–water partition coefficient (Wildman–Crippen LogP) is 1.28. The van der Waals surface area contributed by atoms with Crippen molar-refractivity contribution in [2.45, 2.75) is 25.5 Å². The lowest BCUT2D eigenvalue weighted by Gasteiger charge is -2.11. The molecule has 0 aromatic heterocycles. The van der Waals surface area contributed by atoms with E-state index in [0.29, 0.717) is 12.5 Å². The zero-order chi connectivity index (χ0) is 13.5. The minimum absolute atomic E-state index is 0.273. The standard InChI is InChI=1S/C14H21N3O2/c1-18-12-6-4-11(5-7-12)9-16-14(15)17-10-13-3-2-8-19-13/h4-7,13H,2-3,8-10H2,1H3,(H3,15,16,17). The molecule has 1 heterocycles. The van der Waals surface area contributed by atoms with Gasteiger partial charge in [-0.3, -0.25) is 0 Å². The van der Waals surface area contributed by atoms with Gasteiger partial charge in [-0.05, 0) is 30.5 Å². The van der Waals surface area contributed by atoms with Crippen LogP contribution in [-0.4, -0.2) is 32.3 Å². The molecular weight excluding hydrogens is 242 g/mol. The SMILES string of the molecule is COc1ccc(CN=C(N)NCC2CCCO2)cc1. The molecule has 5 heteroatoms. The third-order valence-corrected chi connectivity index (χ3v) is 3.13. The molecule has 1 aromatic carbocycles. The average Bonchev–Trinajstić information content (AvgIpc) is 2.96. The van der Waals surface area contributed by atoms with Gasteiger partial charge in [0.2, 0.25) is 0 Å². The first-order valence-corrected chi connectivity index (χ1v) is 6.56. The molecule has 1 saturated heterocycles. The van der Waals surface area contributed by atoms with E-state index in [0.717, 1.165) is 37.3 Å². The molecule has 0 amide bonds. The Bertz CT molecular complexity index is 411. The Labute approximate surface area is 113 Å². The van der Waals surface area contributed by atoms with Crippen LogP contribution in [0.1, 0.15) is 18.4 Å². The summed E-state index contributed by atoms with van der Waals surface area (Å²) in [5, 5.41) is 3.10. The molecule has 5 nitrogen and oxygen atoms in total. The highest BCUT2D eigenvalue weighted by Gasteiger charge is 2.14. The Morgan fingerprint density at radius 3 is 2.89 bits per heavy atom. The van der Waals surface area contributed by atoms with Gasteiger partial charge >= 0.3 is 0 Å². The third kappa shape index (κ3) is 4.44. The van der Waals surface area contributed by atoms with E-state index in [1.54, 1.807) is 7.11 Å². The van der Waals surface area contributed by atoms with Gasteiger partial charge in [-0.15, -0.1) is 0 Å². The van der Waals surface area contributed by atoms with E-state index in [-0.39, 0.29) is 6.10 Å². The Hall–Kier alpha value is -1.75. The zero-order valence-electron chi connectivity index (χ0n) is 11.3. The molecule has 104 valence electrons. The quantitative estimate of drug-likeness (QED) is 0.620. The summed E-state index contributed by atoms with van der Waals surface area (Å²) in [6, 6.07) is 7.80. The van der Waals surface area contributed by atoms with Crippen LogP contribution in [0.5, 0.6) is 5.75 Å². The third-order valence-electron chi connectivity index (χ3n) is 3.13. The monoisotopic (exact) mass is 263 g/mol. The molecule has 0 bridgehead atoms. The number of nitrogens with one attached hydrogen (secondary N) is 1. The number of guanidine groups is 1. The maximum atomic E-state index is 5.81. The molecule has 0 radical (unpaired) electrons. The molecule has 0 saturated carbocycles. The number of ether oxygens (including phenoxy) is 2. The largest absolute Gasteiger partial charge is 0.497 e. The highest BCUT2D eigenvalue weighted by Crippen LogP contribution is 2.12. The van der Waals surface area contributed by atoms with Gasteiger partial charge in [0, 0.05) is 13.2 Å². The van der Waals surface area contributed by atoms with Crippen molar-refractivity contribution >= 4 is 5.96 Å². The Balaban J connectivity index is 1.76. The number of hydrogen-bond acceptors (Lipinski definition) is 3. The number of methoxy groups -OCH3 is 1. The molecule has 1 aliphatic heterocycles. The molecular formula is C14H21N3O2. The first-order valence-electron chi connectivity index (χ1n) is 6.56. The van der Waals surface area contributed by atoms with Gasteiger partial charge in [-0.25, -0.2) is 4.99 Å². The molecule has 1 fully saturated rings. The van der Waals surface area contributed by atoms with E-state index in [1.165, 1.54) is 0 Å². The van der Waals surface area contributed by atoms with Gasteiger partial charge in [0.05, 0.1) is 19.8 Å². The highest BCUT2D eigenvalue weighted by molar-refractivity contribution is 5.77. The summed E-state index contributed by atoms with van der Waals surface area (Å²) in [6.45, 7) is 2.15. The summed E-state index contributed by atoms with van der Waals surface area (Å²) >= 11 is 0. The Morgan fingerprint density at radius 1 is 1.47 bits per heavy atom. The minimum atomic E-state index is 0.273. The van der Waals surface area contributed by atoms with E-state index < -0.39 is 0 Å². The summed E-state index contributed by atoms with van der Waals surface area (Å²) in [7, 11) is 1.65. The van der Waals surface area contributed by atoms with Crippen molar-refractivity contribution in [1.82, 2.24) is 5.32 Å². The maximum Gasteiger partial charge on any atom is 0.189 e. The molecule has 2 rings (SSSR count). The molecule has 1 atom stereocenters. The topological polar surface area (TPSA) is 68.9 Å². The molecule has 1 unspecified atom stereocenters. The van der Waals surface area contributed by atoms with Crippen LogP contribution in [0.2, 0.25) is 0 Å². The first kappa shape index (κ1) is 13.7. The van der Waals surface area contributed by atoms with Crippen molar-refractivity contribution < 1.29 is 9.47 Å². The van der Waals surface area contributed by atoms with Crippen LogP contribution in [-0.2, 0) is 11.3 Å². The van der Waals surface area contributed by atoms with Crippen LogP contribution in [0, 0.1) is 0 Å². The second kappa shape index (κ2) is 6.99. The number of nitrogens with zero attached hydrogens (tertiary/aromatic N) is 1. The van der Waals surface area contributed by atoms with Crippen LogP contribution < -0.4 is 15.8 Å². The fourth-order valence-corrected chi connectivity index (χ4v) is 1.99. The number of aliphatic imine (C=N–C) groups is 1. The normalized spacial score (nSPS) is 19.4. The van der Waals surface area contributed by atoms with Crippen LogP contribution >= 0.6 is 0 Å². The van der Waals surface area contributed by atoms with E-state index >= 15 is 0 Å². The van der Waals surface area contributed by atoms with Crippen molar-refractivity contribution in [2.75, 3.05) is 20.3 Å². The van der Waals surface area contributed by atoms with Crippen molar-refractivity contribution in [3.63, 3.8) is 0 Å². The van der Waals surface area contributed by atoms with E-state index in [1.807, 2.05) is 24.3 Å². The second-order valence-corrected chi connectivity index (χ2v) is 4.57. The molecule has 1 aromatic rings. The van der Waals surface area contributed by atoms with Gasteiger partial charge in [0.15, 0.2) is 5.96 Å². The average molecular weight is 263 g/mol. The highest BCUT2D eigenvalue weighted by atomic mass is 16.5. The van der Waals surface area contributed by atoms with Crippen LogP contribution in [0.15, 0.2) is 29.3 Å². The van der Waals surface area contributed by atoms with Gasteiger partial charge in [0.1, 0.15) is 5.75 Å². The van der Waals surface area contributed by atoms with Crippen LogP contribution in [0.25, 0.3) is 0 Å². The fraction of sp³-hybridized carbons (Fsp3) is 0.500. The number of nitrogens with two attached hydrogens (primary N) is 1. The Morgan fingerprint density at radius 2 is 2.26 bits per heavy atom. The van der Waals surface area contributed by atoms with Crippen molar-refractivity contribution in [3.05, 3.63) is 29.8 Å².